The van der Waals surface area contributed by atoms with E-state index in [1.807, 2.05) is 49.3 Å². The molecule has 2 N–H and O–H groups in total. The number of pyridine rings is 1. The zero-order chi connectivity index (χ0) is 45.2. The molecule has 4 unspecified atom stereocenters. The molecule has 2 aromatic carbocycles. The van der Waals surface area contributed by atoms with Crippen LogP contribution in [0.2, 0.25) is 0 Å². The highest BCUT2D eigenvalue weighted by Gasteiger charge is 2.43. The zero-order valence-corrected chi connectivity index (χ0v) is 38.8. The summed E-state index contributed by atoms with van der Waals surface area (Å²) in [5, 5.41) is 7.07. The molecule has 65 heavy (non-hydrogen) atoms. The molecule has 0 spiro atoms. The Morgan fingerprint density at radius 3 is 1.88 bits per heavy atom. The Balaban J connectivity index is 0.000000182. The van der Waals surface area contributed by atoms with Gasteiger partial charge in [0.25, 0.3) is 10.0 Å². The SMILES string of the molecule is C[C@H](c1ccc(F)cc1)n1cncc1C1CN(C)CC2CN(S(=O)(=O)c3cnc(Nc4ccccn4)s3)CCN21.C[C@H](c1ccc(F)cc1)n1cncc1C1CN(C)CC2CNCCN21. The molecule has 6 aromatic rings. The fourth-order valence-corrected chi connectivity index (χ4v) is 12.6. The van der Waals surface area contributed by atoms with Gasteiger partial charge in [0.15, 0.2) is 9.34 Å². The molecule has 8 heterocycles. The maximum Gasteiger partial charge on any atom is 0.254 e. The molecule has 4 aliphatic rings. The highest BCUT2D eigenvalue weighted by molar-refractivity contribution is 7.91. The van der Waals surface area contributed by atoms with Gasteiger partial charge in [-0.05, 0) is 75.5 Å². The van der Waals surface area contributed by atoms with Gasteiger partial charge in [-0.15, -0.1) is 0 Å². The minimum Gasteiger partial charge on any atom is -0.326 e. The van der Waals surface area contributed by atoms with E-state index < -0.39 is 10.0 Å². The first-order valence-corrected chi connectivity index (χ1v) is 24.5. The Bertz CT molecular complexity index is 2610. The molecular formula is C46H57F2N13O2S2. The summed E-state index contributed by atoms with van der Waals surface area (Å²) in [5.74, 6) is 0.156. The number of sulfonamides is 1. The molecule has 4 saturated heterocycles. The Morgan fingerprint density at radius 2 is 1.29 bits per heavy atom. The molecule has 0 bridgehead atoms. The molecule has 4 aliphatic heterocycles. The number of anilines is 2. The van der Waals surface area contributed by atoms with Gasteiger partial charge in [0.2, 0.25) is 0 Å². The molecule has 6 atom stereocenters. The number of nitrogens with zero attached hydrogens (tertiary/aromatic N) is 11. The fourth-order valence-electron chi connectivity index (χ4n) is 9.89. The summed E-state index contributed by atoms with van der Waals surface area (Å²) in [5.41, 5.74) is 4.41. The summed E-state index contributed by atoms with van der Waals surface area (Å²) in [6.07, 6.45) is 10.7. The van der Waals surface area contributed by atoms with Crippen LogP contribution in [0, 0.1) is 11.6 Å². The van der Waals surface area contributed by atoms with Crippen molar-refractivity contribution < 1.29 is 17.2 Å². The normalized spacial score (nSPS) is 23.5. The van der Waals surface area contributed by atoms with Gasteiger partial charge in [0.1, 0.15) is 17.5 Å². The maximum absolute atomic E-state index is 13.6. The van der Waals surface area contributed by atoms with Gasteiger partial charge in [-0.3, -0.25) is 9.80 Å². The van der Waals surface area contributed by atoms with Crippen molar-refractivity contribution in [3.63, 3.8) is 0 Å². The molecule has 10 rings (SSSR count). The quantitative estimate of drug-likeness (QED) is 0.180. The summed E-state index contributed by atoms with van der Waals surface area (Å²) in [6, 6.07) is 19.9. The summed E-state index contributed by atoms with van der Waals surface area (Å²) in [7, 11) is 0.569. The van der Waals surface area contributed by atoms with E-state index in [0.717, 1.165) is 74.0 Å². The number of rotatable bonds is 10. The van der Waals surface area contributed by atoms with Crippen LogP contribution in [0.25, 0.3) is 0 Å². The van der Waals surface area contributed by atoms with Crippen LogP contribution in [-0.4, -0.2) is 153 Å². The summed E-state index contributed by atoms with van der Waals surface area (Å²) in [4.78, 5) is 27.1. The third kappa shape index (κ3) is 9.78. The van der Waals surface area contributed by atoms with E-state index in [0.29, 0.717) is 42.7 Å². The number of piperazine rings is 4. The molecule has 4 fully saturated rings. The molecule has 19 heteroatoms. The van der Waals surface area contributed by atoms with Gasteiger partial charge >= 0.3 is 0 Å². The Labute approximate surface area is 383 Å². The lowest BCUT2D eigenvalue weighted by Crippen LogP contribution is -2.63. The number of fused-ring (bicyclic) bond motifs is 2. The van der Waals surface area contributed by atoms with Gasteiger partial charge in [-0.1, -0.05) is 41.7 Å². The fraction of sp³-hybridized carbons (Fsp3) is 0.435. The van der Waals surface area contributed by atoms with Gasteiger partial charge in [-0.2, -0.15) is 4.31 Å². The predicted molar refractivity (Wildman–Crippen MR) is 248 cm³/mol. The van der Waals surface area contributed by atoms with E-state index in [-0.39, 0.29) is 40.0 Å². The monoisotopic (exact) mass is 925 g/mol. The average Bonchev–Trinajstić information content (AvgIpc) is 4.12. The Morgan fingerprint density at radius 1 is 0.708 bits per heavy atom. The van der Waals surface area contributed by atoms with E-state index in [1.54, 1.807) is 28.7 Å². The second kappa shape index (κ2) is 19.5. The standard InChI is InChI=1S/C27H31FN8O2S2.C19H26FN5/c1-19(20-6-8-21(28)9-7-20)36-18-29-13-23(36)24-17-33(2)15-22-16-34(11-12-35(22)24)40(37,38)26-14-31-27(39-26)32-25-5-3-4-10-30-25;1-14(15-3-5-16(20)6-4-15)25-13-22-10-18(25)19-12-23(2)11-17-9-21-7-8-24(17)19/h3-10,13-14,18-19,22,24H,11-12,15-17H2,1-2H3,(H,30,31,32);3-6,10,13-14,17,19,21H,7-9,11-12H2,1-2H3/t19-,22?,24?;14-,17?,19?/m11/s1. The van der Waals surface area contributed by atoms with Crippen LogP contribution in [0.15, 0.2) is 108 Å². The van der Waals surface area contributed by atoms with Crippen molar-refractivity contribution in [1.82, 2.24) is 58.3 Å². The summed E-state index contributed by atoms with van der Waals surface area (Å²) < 4.78 is 60.2. The van der Waals surface area contributed by atoms with Crippen molar-refractivity contribution >= 4 is 32.3 Å². The third-order valence-electron chi connectivity index (χ3n) is 13.3. The average molecular weight is 926 g/mol. The third-order valence-corrected chi connectivity index (χ3v) is 16.5. The molecule has 344 valence electrons. The van der Waals surface area contributed by atoms with Crippen LogP contribution in [0.4, 0.5) is 19.7 Å². The van der Waals surface area contributed by atoms with Crippen molar-refractivity contribution in [2.24, 2.45) is 0 Å². The van der Waals surface area contributed by atoms with Gasteiger partial charge in [0, 0.05) is 96.1 Å². The van der Waals surface area contributed by atoms with Crippen LogP contribution >= 0.6 is 11.3 Å². The zero-order valence-electron chi connectivity index (χ0n) is 37.2. The van der Waals surface area contributed by atoms with E-state index in [9.17, 15) is 17.2 Å². The minimum absolute atomic E-state index is 0.0225. The van der Waals surface area contributed by atoms with Crippen LogP contribution in [-0.2, 0) is 10.0 Å². The van der Waals surface area contributed by atoms with E-state index in [4.69, 9.17) is 0 Å². The Kier molecular flexibility index (Phi) is 13.5. The number of benzene rings is 2. The van der Waals surface area contributed by atoms with Crippen LogP contribution in [0.1, 0.15) is 60.5 Å². The number of halogens is 2. The number of hydrogen-bond acceptors (Lipinski definition) is 13. The lowest BCUT2D eigenvalue weighted by Gasteiger charge is -2.50. The summed E-state index contributed by atoms with van der Waals surface area (Å²) >= 11 is 1.11. The summed E-state index contributed by atoms with van der Waals surface area (Å²) in [6.45, 7) is 12.5. The highest BCUT2D eigenvalue weighted by atomic mass is 32.2. The van der Waals surface area contributed by atoms with Crippen molar-refractivity contribution in [2.75, 3.05) is 84.9 Å². The first-order valence-electron chi connectivity index (χ1n) is 22.2. The van der Waals surface area contributed by atoms with Crippen molar-refractivity contribution in [2.45, 2.75) is 54.3 Å². The molecule has 4 aromatic heterocycles. The first kappa shape index (κ1) is 45.2. The molecule has 0 saturated carbocycles. The minimum atomic E-state index is -3.70. The van der Waals surface area contributed by atoms with Crippen molar-refractivity contribution in [3.05, 3.63) is 138 Å². The van der Waals surface area contributed by atoms with E-state index in [2.05, 4.69) is 87.2 Å². The number of nitrogens with one attached hydrogen (secondary N) is 2. The molecule has 15 nitrogen and oxygen atoms in total. The largest absolute Gasteiger partial charge is 0.326 e. The lowest BCUT2D eigenvalue weighted by atomic mass is 10.0. The number of likely N-dealkylation sites (N-methyl/N-ethyl adjacent to an activating group) is 2. The smallest absolute Gasteiger partial charge is 0.254 e. The van der Waals surface area contributed by atoms with Crippen molar-refractivity contribution in [3.8, 4) is 0 Å². The van der Waals surface area contributed by atoms with Crippen LogP contribution in [0.3, 0.4) is 0 Å². The highest BCUT2D eigenvalue weighted by Crippen LogP contribution is 2.36. The predicted octanol–water partition coefficient (Wildman–Crippen LogP) is 5.48. The van der Waals surface area contributed by atoms with Gasteiger partial charge in [-0.25, -0.2) is 37.1 Å². The topological polar surface area (TPSA) is 136 Å². The lowest BCUT2D eigenvalue weighted by molar-refractivity contribution is -0.00314. The van der Waals surface area contributed by atoms with Crippen molar-refractivity contribution in [1.29, 1.82) is 0 Å². The van der Waals surface area contributed by atoms with E-state index in [1.165, 1.54) is 36.2 Å². The first-order chi connectivity index (χ1) is 31.4. The van der Waals surface area contributed by atoms with E-state index >= 15 is 0 Å². The number of aromatic nitrogens is 6. The molecule has 0 amide bonds. The number of imidazole rings is 2. The Hall–Kier alpha value is -4.99. The number of thiazole rings is 1. The van der Waals surface area contributed by atoms with Gasteiger partial charge in [0.05, 0.1) is 54.4 Å². The maximum atomic E-state index is 13.6. The number of hydrogen-bond donors (Lipinski definition) is 2. The van der Waals surface area contributed by atoms with Crippen LogP contribution < -0.4 is 10.6 Å². The molecule has 0 aliphatic carbocycles. The van der Waals surface area contributed by atoms with Crippen LogP contribution in [0.5, 0.6) is 0 Å². The second-order valence-corrected chi connectivity index (χ2v) is 20.8. The molecular weight excluding hydrogens is 869 g/mol. The molecule has 0 radical (unpaired) electrons. The second-order valence-electron chi connectivity index (χ2n) is 17.6. The van der Waals surface area contributed by atoms with Gasteiger partial charge < -0.3 is 29.6 Å².